The van der Waals surface area contributed by atoms with E-state index in [1.807, 2.05) is 90.3 Å². The van der Waals surface area contributed by atoms with Crippen LogP contribution in [-0.2, 0) is 17.8 Å². The minimum atomic E-state index is -0.342. The Morgan fingerprint density at radius 2 is 1.67 bits per heavy atom. The van der Waals surface area contributed by atoms with Crippen LogP contribution in [0.4, 0.5) is 5.82 Å². The van der Waals surface area contributed by atoms with Crippen molar-refractivity contribution in [2.45, 2.75) is 19.9 Å². The van der Waals surface area contributed by atoms with E-state index in [2.05, 4.69) is 17.4 Å². The maximum Gasteiger partial charge on any atom is 0.315 e. The topological polar surface area (TPSA) is 64.9 Å². The number of imidazole rings is 1. The summed E-state index contributed by atoms with van der Waals surface area (Å²) >= 11 is 0. The molecule has 0 saturated carbocycles. The second-order valence-electron chi connectivity index (χ2n) is 8.58. The lowest BCUT2D eigenvalue weighted by molar-refractivity contribution is -0.133. The Hall–Kier alpha value is -4.58. The second-order valence-corrected chi connectivity index (χ2v) is 8.58. The molecule has 5 rings (SSSR count). The Morgan fingerprint density at radius 3 is 2.44 bits per heavy atom. The zero-order valence-corrected chi connectivity index (χ0v) is 20.3. The van der Waals surface area contributed by atoms with Crippen molar-refractivity contribution in [1.82, 2.24) is 9.38 Å². The van der Waals surface area contributed by atoms with E-state index >= 15 is 0 Å². The summed E-state index contributed by atoms with van der Waals surface area (Å²) in [6.07, 6.45) is 2.16. The van der Waals surface area contributed by atoms with Gasteiger partial charge < -0.3 is 14.8 Å². The molecule has 0 aliphatic heterocycles. The van der Waals surface area contributed by atoms with Crippen LogP contribution in [0, 0.1) is 6.92 Å². The first kappa shape index (κ1) is 23.2. The zero-order chi connectivity index (χ0) is 24.9. The highest BCUT2D eigenvalue weighted by molar-refractivity contribution is 5.83. The van der Waals surface area contributed by atoms with E-state index in [9.17, 15) is 4.79 Å². The number of hydrogen-bond acceptors (Lipinski definition) is 5. The van der Waals surface area contributed by atoms with Gasteiger partial charge in [-0.3, -0.25) is 9.20 Å². The van der Waals surface area contributed by atoms with Gasteiger partial charge in [-0.15, -0.1) is 0 Å². The van der Waals surface area contributed by atoms with Crippen LogP contribution < -0.4 is 14.8 Å². The Bertz CT molecular complexity index is 1490. The first-order valence-corrected chi connectivity index (χ1v) is 11.8. The molecular weight excluding hydrogens is 450 g/mol. The predicted octanol–water partition coefficient (Wildman–Crippen LogP) is 6.08. The zero-order valence-electron chi connectivity index (χ0n) is 20.3. The molecule has 0 spiro atoms. The number of para-hydroxylation sites is 1. The van der Waals surface area contributed by atoms with Crippen molar-refractivity contribution in [2.75, 3.05) is 12.4 Å². The van der Waals surface area contributed by atoms with E-state index in [1.165, 1.54) is 0 Å². The number of anilines is 1. The number of hydrogen-bond donors (Lipinski definition) is 1. The van der Waals surface area contributed by atoms with Crippen LogP contribution in [0.15, 0.2) is 97.2 Å². The van der Waals surface area contributed by atoms with Crippen molar-refractivity contribution in [1.29, 1.82) is 0 Å². The Balaban J connectivity index is 1.46. The normalized spacial score (nSPS) is 10.8. The van der Waals surface area contributed by atoms with E-state index in [0.717, 1.165) is 45.2 Å². The summed E-state index contributed by atoms with van der Waals surface area (Å²) in [5, 5.41) is 3.55. The van der Waals surface area contributed by atoms with Crippen molar-refractivity contribution < 1.29 is 14.3 Å². The van der Waals surface area contributed by atoms with Crippen LogP contribution in [0.25, 0.3) is 16.9 Å². The molecule has 0 fully saturated rings. The first-order valence-electron chi connectivity index (χ1n) is 11.8. The summed E-state index contributed by atoms with van der Waals surface area (Å²) in [7, 11) is 1.61. The lowest BCUT2D eigenvalue weighted by Gasteiger charge is -2.12. The van der Waals surface area contributed by atoms with Crippen LogP contribution >= 0.6 is 0 Å². The molecule has 2 aromatic heterocycles. The van der Waals surface area contributed by atoms with E-state index in [1.54, 1.807) is 13.2 Å². The maximum absolute atomic E-state index is 12.8. The summed E-state index contributed by atoms with van der Waals surface area (Å²) in [6, 6.07) is 29.2. The van der Waals surface area contributed by atoms with Gasteiger partial charge in [-0.1, -0.05) is 54.6 Å². The number of carbonyl (C=O) groups excluding carboxylic acids is 1. The number of pyridine rings is 1. The first-order chi connectivity index (χ1) is 17.6. The number of fused-ring (bicyclic) bond motifs is 1. The number of aromatic nitrogens is 2. The van der Waals surface area contributed by atoms with Gasteiger partial charge in [0, 0.05) is 18.3 Å². The third kappa shape index (κ3) is 5.08. The largest absolute Gasteiger partial charge is 0.497 e. The summed E-state index contributed by atoms with van der Waals surface area (Å²) in [6.45, 7) is 2.68. The molecule has 5 aromatic rings. The molecule has 0 bridgehead atoms. The predicted molar refractivity (Wildman–Crippen MR) is 141 cm³/mol. The van der Waals surface area contributed by atoms with Gasteiger partial charge in [0.25, 0.3) is 0 Å². The standard InChI is InChI=1S/C30H27N3O3/c1-21-16-17-33-27(18-21)32-29(30(33)31-20-23-8-4-3-5-9-23)25-10-6-7-11-26(25)36-28(34)19-22-12-14-24(35-2)15-13-22/h3-18,31H,19-20H2,1-2H3. The fourth-order valence-corrected chi connectivity index (χ4v) is 4.10. The number of carbonyl (C=O) groups is 1. The number of benzene rings is 3. The molecule has 0 unspecified atom stereocenters. The SMILES string of the molecule is COc1ccc(CC(=O)Oc2ccccc2-c2nc3cc(C)ccn3c2NCc2ccccc2)cc1. The van der Waals surface area contributed by atoms with Gasteiger partial charge in [0.05, 0.1) is 13.5 Å². The molecule has 6 heteroatoms. The van der Waals surface area contributed by atoms with Crippen molar-refractivity contribution in [2.24, 2.45) is 0 Å². The van der Waals surface area contributed by atoms with Crippen LogP contribution in [0.1, 0.15) is 16.7 Å². The maximum atomic E-state index is 12.8. The number of ether oxygens (including phenoxy) is 2. The third-order valence-corrected chi connectivity index (χ3v) is 5.96. The number of rotatable bonds is 8. The smallest absolute Gasteiger partial charge is 0.315 e. The second kappa shape index (κ2) is 10.4. The number of methoxy groups -OCH3 is 1. The summed E-state index contributed by atoms with van der Waals surface area (Å²) in [4.78, 5) is 17.8. The fourth-order valence-electron chi connectivity index (χ4n) is 4.10. The van der Waals surface area contributed by atoms with Crippen molar-refractivity contribution >= 4 is 17.4 Å². The Morgan fingerprint density at radius 1 is 0.917 bits per heavy atom. The number of nitrogens with one attached hydrogen (secondary N) is 1. The van der Waals surface area contributed by atoms with Gasteiger partial charge >= 0.3 is 5.97 Å². The molecule has 3 aromatic carbocycles. The lowest BCUT2D eigenvalue weighted by atomic mass is 10.1. The molecule has 6 nitrogen and oxygen atoms in total. The van der Waals surface area contributed by atoms with E-state index in [0.29, 0.717) is 12.3 Å². The summed E-state index contributed by atoms with van der Waals surface area (Å²) in [5.74, 6) is 1.72. The average molecular weight is 478 g/mol. The molecular formula is C30H27N3O3. The molecule has 36 heavy (non-hydrogen) atoms. The molecule has 0 saturated heterocycles. The number of nitrogens with zero attached hydrogens (tertiary/aromatic N) is 2. The molecule has 0 amide bonds. The molecule has 1 N–H and O–H groups in total. The third-order valence-electron chi connectivity index (χ3n) is 5.96. The lowest BCUT2D eigenvalue weighted by Crippen LogP contribution is -2.12. The van der Waals surface area contributed by atoms with Crippen molar-refractivity contribution in [3.8, 4) is 22.8 Å². The Kier molecular flexibility index (Phi) is 6.67. The van der Waals surface area contributed by atoms with Crippen molar-refractivity contribution in [3.05, 3.63) is 114 Å². The van der Waals surface area contributed by atoms with Gasteiger partial charge in [-0.05, 0) is 60.0 Å². The molecule has 0 aliphatic rings. The minimum Gasteiger partial charge on any atom is -0.497 e. The molecule has 0 atom stereocenters. The summed E-state index contributed by atoms with van der Waals surface area (Å²) in [5.41, 5.74) is 5.42. The van der Waals surface area contributed by atoms with Gasteiger partial charge in [0.15, 0.2) is 0 Å². The number of aryl methyl sites for hydroxylation is 1. The molecule has 0 radical (unpaired) electrons. The van der Waals surface area contributed by atoms with Gasteiger partial charge in [-0.25, -0.2) is 4.98 Å². The van der Waals surface area contributed by atoms with Crippen LogP contribution in [0.3, 0.4) is 0 Å². The van der Waals surface area contributed by atoms with Crippen LogP contribution in [-0.4, -0.2) is 22.5 Å². The number of esters is 1. The summed E-state index contributed by atoms with van der Waals surface area (Å²) < 4.78 is 13.1. The van der Waals surface area contributed by atoms with Crippen molar-refractivity contribution in [3.63, 3.8) is 0 Å². The highest BCUT2D eigenvalue weighted by Gasteiger charge is 2.19. The van der Waals surface area contributed by atoms with E-state index in [-0.39, 0.29) is 12.4 Å². The molecule has 0 aliphatic carbocycles. The minimum absolute atomic E-state index is 0.155. The molecule has 180 valence electrons. The monoisotopic (exact) mass is 477 g/mol. The Labute approximate surface area is 210 Å². The molecule has 2 heterocycles. The van der Waals surface area contributed by atoms with Crippen LogP contribution in [0.5, 0.6) is 11.5 Å². The van der Waals surface area contributed by atoms with Crippen LogP contribution in [0.2, 0.25) is 0 Å². The highest BCUT2D eigenvalue weighted by atomic mass is 16.5. The van der Waals surface area contributed by atoms with Gasteiger partial charge in [-0.2, -0.15) is 0 Å². The van der Waals surface area contributed by atoms with E-state index in [4.69, 9.17) is 14.5 Å². The van der Waals surface area contributed by atoms with Gasteiger partial charge in [0.1, 0.15) is 28.7 Å². The highest BCUT2D eigenvalue weighted by Crippen LogP contribution is 2.36. The van der Waals surface area contributed by atoms with Gasteiger partial charge in [0.2, 0.25) is 0 Å². The fraction of sp³-hybridized carbons (Fsp3) is 0.133. The quantitative estimate of drug-likeness (QED) is 0.217. The average Bonchev–Trinajstić information content (AvgIpc) is 3.26. The van der Waals surface area contributed by atoms with E-state index < -0.39 is 0 Å².